The molecular weight excluding hydrogens is 394 g/mol. The minimum absolute atomic E-state index is 0.0318. The molecule has 1 N–H and O–H groups in total. The minimum Gasteiger partial charge on any atom is -0.372 e. The fourth-order valence-corrected chi connectivity index (χ4v) is 5.48. The molecule has 2 aliphatic rings. The van der Waals surface area contributed by atoms with E-state index in [0.717, 1.165) is 52.9 Å². The second-order valence-corrected chi connectivity index (χ2v) is 9.75. The highest BCUT2D eigenvalue weighted by Crippen LogP contribution is 2.50. The summed E-state index contributed by atoms with van der Waals surface area (Å²) in [6, 6.07) is 17.1. The lowest BCUT2D eigenvalue weighted by Gasteiger charge is -2.40. The average Bonchev–Trinajstić information content (AvgIpc) is 2.78. The Morgan fingerprint density at radius 1 is 1.03 bits per heavy atom. The maximum absolute atomic E-state index is 13.5. The molecule has 2 heterocycles. The molecular formula is C28H31N3O. The molecule has 32 heavy (non-hydrogen) atoms. The summed E-state index contributed by atoms with van der Waals surface area (Å²) in [5, 5.41) is 4.76. The van der Waals surface area contributed by atoms with Gasteiger partial charge in [-0.25, -0.2) is 0 Å². The number of hydrogen-bond donors (Lipinski definition) is 1. The smallest absolute Gasteiger partial charge is 0.162 e. The number of anilines is 2. The van der Waals surface area contributed by atoms with Crippen LogP contribution in [0.15, 0.2) is 66.0 Å². The molecule has 3 aromatic rings. The van der Waals surface area contributed by atoms with Gasteiger partial charge in [-0.15, -0.1) is 0 Å². The highest BCUT2D eigenvalue weighted by molar-refractivity contribution is 6.04. The van der Waals surface area contributed by atoms with Crippen molar-refractivity contribution in [3.8, 4) is 0 Å². The van der Waals surface area contributed by atoms with Crippen molar-refractivity contribution in [3.05, 3.63) is 77.1 Å². The lowest BCUT2D eigenvalue weighted by molar-refractivity contribution is -0.118. The molecule has 4 nitrogen and oxygen atoms in total. The third-order valence-corrected chi connectivity index (χ3v) is 6.96. The number of hydrogen-bond acceptors (Lipinski definition) is 4. The summed E-state index contributed by atoms with van der Waals surface area (Å²) in [4.78, 5) is 20.5. The van der Waals surface area contributed by atoms with Crippen molar-refractivity contribution in [2.45, 2.75) is 46.5 Å². The number of nitrogens with one attached hydrogen (secondary N) is 1. The zero-order valence-electron chi connectivity index (χ0n) is 19.4. The normalized spacial score (nSPS) is 19.4. The molecule has 1 aromatic heterocycles. The van der Waals surface area contributed by atoms with Crippen LogP contribution in [0.2, 0.25) is 0 Å². The van der Waals surface area contributed by atoms with Crippen molar-refractivity contribution < 1.29 is 4.79 Å². The lowest BCUT2D eigenvalue weighted by atomic mass is 9.68. The van der Waals surface area contributed by atoms with Crippen molar-refractivity contribution in [1.82, 2.24) is 4.98 Å². The van der Waals surface area contributed by atoms with Crippen LogP contribution in [0.1, 0.15) is 57.6 Å². The van der Waals surface area contributed by atoms with Gasteiger partial charge in [0.1, 0.15) is 0 Å². The number of benzene rings is 2. The number of carbonyl (C=O) groups is 1. The number of nitrogens with zero attached hydrogens (tertiary/aromatic N) is 2. The number of rotatable bonds is 4. The Bertz CT molecular complexity index is 1220. The molecule has 1 unspecified atom stereocenters. The van der Waals surface area contributed by atoms with Gasteiger partial charge >= 0.3 is 0 Å². The van der Waals surface area contributed by atoms with Gasteiger partial charge in [-0.3, -0.25) is 9.78 Å². The number of allylic oxidation sites excluding steroid dienone is 2. The molecule has 1 aliphatic carbocycles. The fraction of sp³-hybridized carbons (Fsp3) is 0.357. The van der Waals surface area contributed by atoms with Crippen LogP contribution in [0.4, 0.5) is 11.4 Å². The van der Waals surface area contributed by atoms with E-state index in [1.54, 1.807) is 0 Å². The first-order chi connectivity index (χ1) is 15.4. The zero-order chi connectivity index (χ0) is 22.5. The maximum Gasteiger partial charge on any atom is 0.162 e. The highest BCUT2D eigenvalue weighted by Gasteiger charge is 2.41. The Morgan fingerprint density at radius 2 is 1.78 bits per heavy atom. The van der Waals surface area contributed by atoms with E-state index >= 15 is 0 Å². The molecule has 0 spiro atoms. The first-order valence-electron chi connectivity index (χ1n) is 11.7. The third kappa shape index (κ3) is 3.38. The summed E-state index contributed by atoms with van der Waals surface area (Å²) in [5.41, 5.74) is 7.59. The zero-order valence-corrected chi connectivity index (χ0v) is 19.4. The van der Waals surface area contributed by atoms with Crippen molar-refractivity contribution >= 4 is 28.1 Å². The molecule has 0 bridgehead atoms. The van der Waals surface area contributed by atoms with E-state index in [4.69, 9.17) is 0 Å². The molecule has 0 fully saturated rings. The van der Waals surface area contributed by atoms with Crippen molar-refractivity contribution in [1.29, 1.82) is 0 Å². The van der Waals surface area contributed by atoms with Gasteiger partial charge in [0.25, 0.3) is 0 Å². The van der Waals surface area contributed by atoms with Crippen LogP contribution < -0.4 is 10.2 Å². The SMILES string of the molecule is CCN(CC)c1ccc(C2C3=C(CC(C)(C)CC3=O)Nc3ccc4ncccc4c32)cc1. The molecule has 1 aliphatic heterocycles. The van der Waals surface area contributed by atoms with E-state index in [0.29, 0.717) is 6.42 Å². The lowest BCUT2D eigenvalue weighted by Crippen LogP contribution is -2.34. The van der Waals surface area contributed by atoms with Crippen LogP contribution in [-0.2, 0) is 4.79 Å². The Morgan fingerprint density at radius 3 is 2.50 bits per heavy atom. The van der Waals surface area contributed by atoms with E-state index in [2.05, 4.69) is 85.4 Å². The van der Waals surface area contributed by atoms with Crippen LogP contribution >= 0.6 is 0 Å². The Kier molecular flexibility index (Phi) is 5.04. The summed E-state index contributed by atoms with van der Waals surface area (Å²) in [6.45, 7) is 10.7. The molecule has 0 amide bonds. The third-order valence-electron chi connectivity index (χ3n) is 6.96. The molecule has 2 aromatic carbocycles. The number of Topliss-reactive ketones (excluding diaryl/α,β-unsaturated/α-hetero) is 1. The number of pyridine rings is 1. The summed E-state index contributed by atoms with van der Waals surface area (Å²) in [7, 11) is 0. The fourth-order valence-electron chi connectivity index (χ4n) is 5.48. The predicted molar refractivity (Wildman–Crippen MR) is 132 cm³/mol. The summed E-state index contributed by atoms with van der Waals surface area (Å²) in [6.07, 6.45) is 3.30. The predicted octanol–water partition coefficient (Wildman–Crippen LogP) is 6.28. The topological polar surface area (TPSA) is 45.2 Å². The quantitative estimate of drug-likeness (QED) is 0.534. The number of aromatic nitrogens is 1. The van der Waals surface area contributed by atoms with E-state index in [1.807, 2.05) is 12.3 Å². The number of fused-ring (bicyclic) bond motifs is 3. The second-order valence-electron chi connectivity index (χ2n) is 9.75. The molecule has 4 heteroatoms. The van der Waals surface area contributed by atoms with Crippen molar-refractivity contribution in [3.63, 3.8) is 0 Å². The Hall–Kier alpha value is -3.14. The standard InChI is InChI=1S/C28H31N3O/c1-5-31(6-2)19-11-9-18(10-12-19)25-26-20-8-7-15-29-21(20)13-14-22(26)30-23-16-28(3,4)17-24(32)27(23)25/h7-15,25,30H,5-6,16-17H2,1-4H3. The van der Waals surface area contributed by atoms with Gasteiger partial charge < -0.3 is 10.2 Å². The van der Waals surface area contributed by atoms with E-state index in [-0.39, 0.29) is 17.1 Å². The first kappa shape index (κ1) is 20.7. The summed E-state index contributed by atoms with van der Waals surface area (Å²) in [5.74, 6) is 0.177. The molecule has 1 atom stereocenters. The van der Waals surface area contributed by atoms with Gasteiger partial charge in [0.2, 0.25) is 0 Å². The first-order valence-corrected chi connectivity index (χ1v) is 11.7. The molecule has 164 valence electrons. The van der Waals surface area contributed by atoms with E-state index in [1.165, 1.54) is 11.3 Å². The molecule has 0 saturated heterocycles. The summed E-state index contributed by atoms with van der Waals surface area (Å²) >= 11 is 0. The van der Waals surface area contributed by atoms with Crippen LogP contribution in [0.3, 0.4) is 0 Å². The summed E-state index contributed by atoms with van der Waals surface area (Å²) < 4.78 is 0. The van der Waals surface area contributed by atoms with Gasteiger partial charge in [0.15, 0.2) is 5.78 Å². The maximum atomic E-state index is 13.5. The van der Waals surface area contributed by atoms with Gasteiger partial charge in [-0.05, 0) is 67.1 Å². The largest absolute Gasteiger partial charge is 0.372 e. The van der Waals surface area contributed by atoms with Gasteiger partial charge in [0, 0.05) is 59.7 Å². The monoisotopic (exact) mass is 425 g/mol. The molecule has 5 rings (SSSR count). The molecule has 0 saturated carbocycles. The van der Waals surface area contributed by atoms with Gasteiger partial charge in [0.05, 0.1) is 5.52 Å². The van der Waals surface area contributed by atoms with Gasteiger partial charge in [-0.2, -0.15) is 0 Å². The van der Waals surface area contributed by atoms with Crippen LogP contribution in [0, 0.1) is 5.41 Å². The van der Waals surface area contributed by atoms with Crippen LogP contribution in [0.5, 0.6) is 0 Å². The molecule has 0 radical (unpaired) electrons. The van der Waals surface area contributed by atoms with Crippen molar-refractivity contribution in [2.75, 3.05) is 23.3 Å². The number of ketones is 1. The average molecular weight is 426 g/mol. The van der Waals surface area contributed by atoms with Crippen LogP contribution in [0.25, 0.3) is 10.9 Å². The van der Waals surface area contributed by atoms with Crippen molar-refractivity contribution in [2.24, 2.45) is 5.41 Å². The Balaban J connectivity index is 1.72. The van der Waals surface area contributed by atoms with Gasteiger partial charge in [-0.1, -0.05) is 32.0 Å². The number of carbonyl (C=O) groups excluding carboxylic acids is 1. The van der Waals surface area contributed by atoms with E-state index < -0.39 is 0 Å². The van der Waals surface area contributed by atoms with E-state index in [9.17, 15) is 4.79 Å². The second kappa shape index (κ2) is 7.77. The Labute approximate surface area is 190 Å². The van der Waals surface area contributed by atoms with Crippen LogP contribution in [-0.4, -0.2) is 23.9 Å². The minimum atomic E-state index is -0.0801. The highest BCUT2D eigenvalue weighted by atomic mass is 16.1.